The van der Waals surface area contributed by atoms with Crippen LogP contribution in [0.3, 0.4) is 0 Å². The maximum absolute atomic E-state index is 12.7. The van der Waals surface area contributed by atoms with Crippen molar-refractivity contribution >= 4 is 5.97 Å². The highest BCUT2D eigenvalue weighted by Gasteiger charge is 2.42. The Bertz CT molecular complexity index is 449. The molecule has 5 heteroatoms. The molecule has 1 aromatic rings. The van der Waals surface area contributed by atoms with Gasteiger partial charge in [0, 0.05) is 6.54 Å². The van der Waals surface area contributed by atoms with Gasteiger partial charge in [-0.05, 0) is 50.6 Å². The summed E-state index contributed by atoms with van der Waals surface area (Å²) in [5.74, 6) is -0.491. The average Bonchev–Trinajstić information content (AvgIpc) is 2.75. The van der Waals surface area contributed by atoms with Crippen molar-refractivity contribution < 1.29 is 19.0 Å². The molecule has 1 N–H and O–H groups in total. The van der Waals surface area contributed by atoms with E-state index in [2.05, 4.69) is 0 Å². The molecule has 0 saturated carbocycles. The van der Waals surface area contributed by atoms with Gasteiger partial charge in [-0.3, -0.25) is 9.69 Å². The van der Waals surface area contributed by atoms with Crippen molar-refractivity contribution in [1.82, 2.24) is 4.90 Å². The molecule has 1 saturated heterocycles. The predicted octanol–water partition coefficient (Wildman–Crippen LogP) is 2.14. The zero-order valence-corrected chi connectivity index (χ0v) is 10.9. The number of aliphatic carboxylic acids is 1. The van der Waals surface area contributed by atoms with E-state index >= 15 is 0 Å². The van der Waals surface area contributed by atoms with Crippen LogP contribution in [0.5, 0.6) is 5.75 Å². The van der Waals surface area contributed by atoms with Crippen molar-refractivity contribution in [3.8, 4) is 5.75 Å². The van der Waals surface area contributed by atoms with Gasteiger partial charge < -0.3 is 9.84 Å². The summed E-state index contributed by atoms with van der Waals surface area (Å²) < 4.78 is 18.2. The fourth-order valence-electron chi connectivity index (χ4n) is 2.42. The van der Waals surface area contributed by atoms with Crippen LogP contribution in [0.2, 0.25) is 0 Å². The summed E-state index contributed by atoms with van der Waals surface area (Å²) in [6, 6.07) is 5.81. The minimum Gasteiger partial charge on any atom is -0.492 e. The van der Waals surface area contributed by atoms with Crippen LogP contribution in [0.25, 0.3) is 0 Å². The number of hydrogen-bond acceptors (Lipinski definition) is 3. The van der Waals surface area contributed by atoms with E-state index in [1.807, 2.05) is 4.90 Å². The van der Waals surface area contributed by atoms with Crippen LogP contribution < -0.4 is 4.74 Å². The molecule has 1 aromatic carbocycles. The van der Waals surface area contributed by atoms with Gasteiger partial charge in [-0.1, -0.05) is 0 Å². The smallest absolute Gasteiger partial charge is 0.323 e. The molecule has 19 heavy (non-hydrogen) atoms. The van der Waals surface area contributed by atoms with Crippen LogP contribution >= 0.6 is 0 Å². The molecule has 2 rings (SSSR count). The zero-order chi connectivity index (χ0) is 13.9. The number of carbonyl (C=O) groups is 1. The third-order valence-electron chi connectivity index (χ3n) is 3.69. The Hall–Kier alpha value is -1.62. The number of carboxylic acids is 1. The monoisotopic (exact) mass is 267 g/mol. The normalized spacial score (nSPS) is 23.5. The molecule has 104 valence electrons. The number of nitrogens with zero attached hydrogens (tertiary/aromatic N) is 1. The third kappa shape index (κ3) is 3.04. The standard InChI is InChI=1S/C14H18FNO3/c1-14(13(17)18)7-2-8-16(14)9-10-19-12-5-3-11(15)4-6-12/h3-6H,2,7-10H2,1H3,(H,17,18). The molecule has 1 aliphatic heterocycles. The summed E-state index contributed by atoms with van der Waals surface area (Å²) in [6.45, 7) is 3.48. The molecule has 0 aromatic heterocycles. The van der Waals surface area contributed by atoms with Crippen molar-refractivity contribution in [1.29, 1.82) is 0 Å². The van der Waals surface area contributed by atoms with Gasteiger partial charge in [0.2, 0.25) is 0 Å². The van der Waals surface area contributed by atoms with Gasteiger partial charge in [0.15, 0.2) is 0 Å². The van der Waals surface area contributed by atoms with Crippen LogP contribution in [0.4, 0.5) is 4.39 Å². The lowest BCUT2D eigenvalue weighted by Gasteiger charge is -2.30. The maximum Gasteiger partial charge on any atom is 0.323 e. The molecule has 1 heterocycles. The fourth-order valence-corrected chi connectivity index (χ4v) is 2.42. The SMILES string of the molecule is CC1(C(=O)O)CCCN1CCOc1ccc(F)cc1. The fraction of sp³-hybridized carbons (Fsp3) is 0.500. The Morgan fingerprint density at radius 3 is 2.79 bits per heavy atom. The zero-order valence-electron chi connectivity index (χ0n) is 10.9. The van der Waals surface area contributed by atoms with Gasteiger partial charge in [0.05, 0.1) is 0 Å². The molecule has 0 spiro atoms. The number of likely N-dealkylation sites (tertiary alicyclic amines) is 1. The summed E-state index contributed by atoms with van der Waals surface area (Å²) in [5.41, 5.74) is -0.786. The van der Waals surface area contributed by atoms with Crippen LogP contribution in [0.15, 0.2) is 24.3 Å². The first kappa shape index (κ1) is 13.8. The number of hydrogen-bond donors (Lipinski definition) is 1. The Morgan fingerprint density at radius 2 is 2.16 bits per heavy atom. The molecule has 1 fully saturated rings. The Labute approximate surface area is 111 Å². The van der Waals surface area contributed by atoms with Gasteiger partial charge in [-0.2, -0.15) is 0 Å². The lowest BCUT2D eigenvalue weighted by Crippen LogP contribution is -2.49. The van der Waals surface area contributed by atoms with Crippen molar-refractivity contribution in [3.05, 3.63) is 30.1 Å². The molecule has 1 atom stereocenters. The van der Waals surface area contributed by atoms with Gasteiger partial charge in [0.25, 0.3) is 0 Å². The minimum atomic E-state index is -0.786. The van der Waals surface area contributed by atoms with Crippen LogP contribution in [0.1, 0.15) is 19.8 Å². The highest BCUT2D eigenvalue weighted by atomic mass is 19.1. The predicted molar refractivity (Wildman–Crippen MR) is 68.7 cm³/mol. The summed E-state index contributed by atoms with van der Waals surface area (Å²) >= 11 is 0. The highest BCUT2D eigenvalue weighted by molar-refractivity contribution is 5.78. The van der Waals surface area contributed by atoms with Crippen LogP contribution in [-0.2, 0) is 4.79 Å². The molecule has 0 radical (unpaired) electrons. The quantitative estimate of drug-likeness (QED) is 0.888. The summed E-state index contributed by atoms with van der Waals surface area (Å²) in [6.07, 6.45) is 1.55. The third-order valence-corrected chi connectivity index (χ3v) is 3.69. The molecule has 0 amide bonds. The number of halogens is 1. The van der Waals surface area contributed by atoms with Crippen molar-refractivity contribution in [3.63, 3.8) is 0 Å². The largest absolute Gasteiger partial charge is 0.492 e. The molecular weight excluding hydrogens is 249 g/mol. The minimum absolute atomic E-state index is 0.301. The lowest BCUT2D eigenvalue weighted by molar-refractivity contribution is -0.148. The molecule has 1 aliphatic rings. The topological polar surface area (TPSA) is 49.8 Å². The first-order chi connectivity index (χ1) is 9.02. The number of rotatable bonds is 5. The Kier molecular flexibility index (Phi) is 4.04. The van der Waals surface area contributed by atoms with Crippen LogP contribution in [0, 0.1) is 5.82 Å². The van der Waals surface area contributed by atoms with Gasteiger partial charge >= 0.3 is 5.97 Å². The molecule has 4 nitrogen and oxygen atoms in total. The van der Waals surface area contributed by atoms with E-state index in [1.165, 1.54) is 12.1 Å². The Balaban J connectivity index is 1.85. The molecule has 1 unspecified atom stereocenters. The lowest BCUT2D eigenvalue weighted by atomic mass is 9.99. The molecule has 0 bridgehead atoms. The second kappa shape index (κ2) is 5.57. The molecule has 0 aliphatic carbocycles. The van der Waals surface area contributed by atoms with E-state index < -0.39 is 11.5 Å². The van der Waals surface area contributed by atoms with Crippen molar-refractivity contribution in [2.45, 2.75) is 25.3 Å². The van der Waals surface area contributed by atoms with Crippen molar-refractivity contribution in [2.75, 3.05) is 19.7 Å². The number of carboxylic acid groups (broad SMARTS) is 1. The van der Waals surface area contributed by atoms with Gasteiger partial charge in [-0.15, -0.1) is 0 Å². The second-order valence-corrected chi connectivity index (χ2v) is 4.97. The first-order valence-electron chi connectivity index (χ1n) is 6.39. The van der Waals surface area contributed by atoms with E-state index in [0.717, 1.165) is 13.0 Å². The van der Waals surface area contributed by atoms with Gasteiger partial charge in [0.1, 0.15) is 23.7 Å². The first-order valence-corrected chi connectivity index (χ1v) is 6.39. The Morgan fingerprint density at radius 1 is 1.47 bits per heavy atom. The molecular formula is C14H18FNO3. The van der Waals surface area contributed by atoms with E-state index in [9.17, 15) is 14.3 Å². The van der Waals surface area contributed by atoms with E-state index in [1.54, 1.807) is 19.1 Å². The van der Waals surface area contributed by atoms with Crippen LogP contribution in [-0.4, -0.2) is 41.2 Å². The number of benzene rings is 1. The second-order valence-electron chi connectivity index (χ2n) is 4.97. The van der Waals surface area contributed by atoms with Gasteiger partial charge in [-0.25, -0.2) is 4.39 Å². The summed E-state index contributed by atoms with van der Waals surface area (Å²) in [7, 11) is 0. The summed E-state index contributed by atoms with van der Waals surface area (Å²) in [5, 5.41) is 9.27. The van der Waals surface area contributed by atoms with E-state index in [0.29, 0.717) is 25.3 Å². The maximum atomic E-state index is 12.7. The average molecular weight is 267 g/mol. The van der Waals surface area contributed by atoms with Crippen molar-refractivity contribution in [2.24, 2.45) is 0 Å². The van der Waals surface area contributed by atoms with E-state index in [-0.39, 0.29) is 5.82 Å². The summed E-state index contributed by atoms with van der Waals surface area (Å²) in [4.78, 5) is 13.2. The highest BCUT2D eigenvalue weighted by Crippen LogP contribution is 2.28. The van der Waals surface area contributed by atoms with E-state index in [4.69, 9.17) is 4.74 Å². The number of ether oxygens (including phenoxy) is 1.